The van der Waals surface area contributed by atoms with Crippen LogP contribution in [-0.2, 0) is 6.61 Å². The molecule has 2 rings (SSSR count). The summed E-state index contributed by atoms with van der Waals surface area (Å²) in [6.07, 6.45) is 0. The van der Waals surface area contributed by atoms with Crippen LogP contribution >= 0.6 is 0 Å². The summed E-state index contributed by atoms with van der Waals surface area (Å²) in [7, 11) is 0. The SMILES string of the molecule is N#Cc1c(F)cccc1OCc1ccc(C#CCO)cc1. The largest absolute Gasteiger partial charge is 0.487 e. The van der Waals surface area contributed by atoms with Crippen molar-refractivity contribution >= 4 is 0 Å². The van der Waals surface area contributed by atoms with Crippen molar-refractivity contribution in [3.8, 4) is 23.7 Å². The fraction of sp³-hybridized carbons (Fsp3) is 0.118. The van der Waals surface area contributed by atoms with Crippen molar-refractivity contribution in [3.05, 3.63) is 65.0 Å². The number of nitriles is 1. The zero-order valence-electron chi connectivity index (χ0n) is 11.1. The molecular formula is C17H12FNO2. The Morgan fingerprint density at radius 1 is 1.14 bits per heavy atom. The molecule has 0 aromatic heterocycles. The smallest absolute Gasteiger partial charge is 0.144 e. The second-order valence-electron chi connectivity index (χ2n) is 4.17. The van der Waals surface area contributed by atoms with Gasteiger partial charge in [0.15, 0.2) is 0 Å². The first-order chi connectivity index (χ1) is 10.2. The van der Waals surface area contributed by atoms with Crippen LogP contribution in [0.4, 0.5) is 4.39 Å². The van der Waals surface area contributed by atoms with E-state index < -0.39 is 5.82 Å². The van der Waals surface area contributed by atoms with Crippen molar-refractivity contribution in [1.82, 2.24) is 0 Å². The number of benzene rings is 2. The molecule has 0 aliphatic heterocycles. The Morgan fingerprint density at radius 2 is 1.90 bits per heavy atom. The summed E-state index contributed by atoms with van der Waals surface area (Å²) in [6.45, 7) is 0.0488. The molecule has 0 amide bonds. The van der Waals surface area contributed by atoms with Crippen molar-refractivity contribution in [2.24, 2.45) is 0 Å². The monoisotopic (exact) mass is 281 g/mol. The van der Waals surface area contributed by atoms with Gasteiger partial charge in [0.2, 0.25) is 0 Å². The van der Waals surface area contributed by atoms with Crippen molar-refractivity contribution in [2.75, 3.05) is 6.61 Å². The van der Waals surface area contributed by atoms with Gasteiger partial charge in [0, 0.05) is 5.56 Å². The maximum atomic E-state index is 13.4. The first-order valence-corrected chi connectivity index (χ1v) is 6.24. The summed E-state index contributed by atoms with van der Waals surface area (Å²) in [5.41, 5.74) is 1.57. The predicted molar refractivity (Wildman–Crippen MR) is 75.9 cm³/mol. The van der Waals surface area contributed by atoms with E-state index >= 15 is 0 Å². The van der Waals surface area contributed by atoms with Crippen molar-refractivity contribution in [2.45, 2.75) is 6.61 Å². The molecule has 1 N–H and O–H groups in total. The van der Waals surface area contributed by atoms with Gasteiger partial charge in [0.05, 0.1) is 0 Å². The molecule has 0 bridgehead atoms. The van der Waals surface area contributed by atoms with Gasteiger partial charge in [0.25, 0.3) is 0 Å². The summed E-state index contributed by atoms with van der Waals surface area (Å²) in [4.78, 5) is 0. The van der Waals surface area contributed by atoms with Gasteiger partial charge in [-0.15, -0.1) is 0 Å². The van der Waals surface area contributed by atoms with Crippen LogP contribution in [0, 0.1) is 29.0 Å². The Kier molecular flexibility index (Phi) is 4.93. The van der Waals surface area contributed by atoms with E-state index in [0.717, 1.165) is 11.1 Å². The lowest BCUT2D eigenvalue weighted by Crippen LogP contribution is -1.98. The predicted octanol–water partition coefficient (Wildman–Crippen LogP) is 2.62. The minimum atomic E-state index is -0.593. The van der Waals surface area contributed by atoms with Crippen LogP contribution in [0.1, 0.15) is 16.7 Å². The van der Waals surface area contributed by atoms with Gasteiger partial charge in [-0.05, 0) is 29.8 Å². The van der Waals surface area contributed by atoms with E-state index in [0.29, 0.717) is 0 Å². The minimum Gasteiger partial charge on any atom is -0.487 e. The molecule has 104 valence electrons. The molecular weight excluding hydrogens is 269 g/mol. The first kappa shape index (κ1) is 14.6. The van der Waals surface area contributed by atoms with Crippen LogP contribution in [0.2, 0.25) is 0 Å². The van der Waals surface area contributed by atoms with Gasteiger partial charge in [-0.2, -0.15) is 5.26 Å². The summed E-state index contributed by atoms with van der Waals surface area (Å²) in [6, 6.07) is 13.3. The zero-order chi connectivity index (χ0) is 15.1. The number of aliphatic hydroxyl groups is 1. The van der Waals surface area contributed by atoms with Gasteiger partial charge < -0.3 is 9.84 Å². The Morgan fingerprint density at radius 3 is 2.57 bits per heavy atom. The average Bonchev–Trinajstić information content (AvgIpc) is 2.52. The van der Waals surface area contributed by atoms with Gasteiger partial charge in [-0.3, -0.25) is 0 Å². The van der Waals surface area contributed by atoms with Crippen molar-refractivity contribution in [3.63, 3.8) is 0 Å². The first-order valence-electron chi connectivity index (χ1n) is 6.24. The van der Waals surface area contributed by atoms with Crippen LogP contribution in [0.15, 0.2) is 42.5 Å². The maximum Gasteiger partial charge on any atom is 0.144 e. The fourth-order valence-electron chi connectivity index (χ4n) is 1.72. The lowest BCUT2D eigenvalue weighted by atomic mass is 10.1. The van der Waals surface area contributed by atoms with Crippen LogP contribution in [0.3, 0.4) is 0 Å². The molecule has 0 aliphatic rings. The van der Waals surface area contributed by atoms with Crippen LogP contribution < -0.4 is 4.74 Å². The standard InChI is InChI=1S/C17H12FNO2/c18-16-4-1-5-17(15(16)11-19)21-12-14-8-6-13(7-9-14)3-2-10-20/h1,4-9,20H,10,12H2. The van der Waals surface area contributed by atoms with Crippen LogP contribution in [-0.4, -0.2) is 11.7 Å². The van der Waals surface area contributed by atoms with Gasteiger partial charge in [-0.25, -0.2) is 4.39 Å². The number of nitrogens with zero attached hydrogens (tertiary/aromatic N) is 1. The van der Waals surface area contributed by atoms with Crippen molar-refractivity contribution < 1.29 is 14.2 Å². The molecule has 3 nitrogen and oxygen atoms in total. The highest BCUT2D eigenvalue weighted by Crippen LogP contribution is 2.21. The molecule has 0 saturated carbocycles. The topological polar surface area (TPSA) is 53.2 Å². The number of aliphatic hydroxyl groups excluding tert-OH is 1. The molecule has 0 heterocycles. The summed E-state index contributed by atoms with van der Waals surface area (Å²) < 4.78 is 18.9. The third-order valence-electron chi connectivity index (χ3n) is 2.75. The molecule has 0 unspecified atom stereocenters. The second-order valence-corrected chi connectivity index (χ2v) is 4.17. The molecule has 0 radical (unpaired) electrons. The van der Waals surface area contributed by atoms with Crippen LogP contribution in [0.25, 0.3) is 0 Å². The molecule has 21 heavy (non-hydrogen) atoms. The fourth-order valence-corrected chi connectivity index (χ4v) is 1.72. The third kappa shape index (κ3) is 3.82. The quantitative estimate of drug-likeness (QED) is 0.880. The van der Waals surface area contributed by atoms with E-state index in [-0.39, 0.29) is 24.5 Å². The highest BCUT2D eigenvalue weighted by atomic mass is 19.1. The molecule has 0 saturated heterocycles. The van der Waals surface area contributed by atoms with E-state index in [1.54, 1.807) is 24.3 Å². The molecule has 4 heteroatoms. The maximum absolute atomic E-state index is 13.4. The Labute approximate surface area is 122 Å². The molecule has 0 fully saturated rings. The number of hydrogen-bond acceptors (Lipinski definition) is 3. The Hall–Kier alpha value is -2.82. The molecule has 2 aromatic carbocycles. The lowest BCUT2D eigenvalue weighted by molar-refractivity contribution is 0.303. The van der Waals surface area contributed by atoms with E-state index in [1.165, 1.54) is 12.1 Å². The lowest BCUT2D eigenvalue weighted by Gasteiger charge is -2.08. The number of hydrogen-bond donors (Lipinski definition) is 1. The zero-order valence-corrected chi connectivity index (χ0v) is 11.1. The number of rotatable bonds is 3. The average molecular weight is 281 g/mol. The van der Waals surface area contributed by atoms with E-state index in [1.807, 2.05) is 12.1 Å². The Balaban J connectivity index is 2.07. The van der Waals surface area contributed by atoms with E-state index in [2.05, 4.69) is 11.8 Å². The van der Waals surface area contributed by atoms with Gasteiger partial charge >= 0.3 is 0 Å². The van der Waals surface area contributed by atoms with Crippen molar-refractivity contribution in [1.29, 1.82) is 5.26 Å². The van der Waals surface area contributed by atoms with Gasteiger partial charge in [0.1, 0.15) is 36.4 Å². The summed E-state index contributed by atoms with van der Waals surface area (Å²) in [5.74, 6) is 4.98. The molecule has 2 aromatic rings. The van der Waals surface area contributed by atoms with Gasteiger partial charge in [-0.1, -0.05) is 30.0 Å². The summed E-state index contributed by atoms with van der Waals surface area (Å²) >= 11 is 0. The van der Waals surface area contributed by atoms with E-state index in [4.69, 9.17) is 15.1 Å². The molecule has 0 aliphatic carbocycles. The Bertz CT molecular complexity index is 721. The number of ether oxygens (including phenoxy) is 1. The molecule has 0 atom stereocenters. The highest BCUT2D eigenvalue weighted by molar-refractivity contribution is 5.44. The highest BCUT2D eigenvalue weighted by Gasteiger charge is 2.08. The number of halogens is 1. The second kappa shape index (κ2) is 7.09. The van der Waals surface area contributed by atoms with E-state index in [9.17, 15) is 4.39 Å². The third-order valence-corrected chi connectivity index (χ3v) is 2.75. The summed E-state index contributed by atoms with van der Waals surface area (Å²) in [5, 5.41) is 17.5. The van der Waals surface area contributed by atoms with Crippen LogP contribution in [0.5, 0.6) is 5.75 Å². The minimum absolute atomic E-state index is 0.0945. The normalized spacial score (nSPS) is 9.38. The molecule has 0 spiro atoms.